The second-order valence-electron chi connectivity index (χ2n) is 3.00. The molecule has 0 aliphatic heterocycles. The maximum atomic E-state index is 11.2. The van der Waals surface area contributed by atoms with E-state index in [1.54, 1.807) is 24.3 Å². The van der Waals surface area contributed by atoms with E-state index in [4.69, 9.17) is 4.74 Å². The molecule has 5 nitrogen and oxygen atoms in total. The largest absolute Gasteiger partial charge is 0.461 e. The number of rotatable bonds is 5. The molecule has 5 heteroatoms. The van der Waals surface area contributed by atoms with Gasteiger partial charge in [0.2, 0.25) is 0 Å². The van der Waals surface area contributed by atoms with Gasteiger partial charge in [-0.2, -0.15) is 0 Å². The Bertz CT molecular complexity index is 389. The maximum absolute atomic E-state index is 11.2. The first-order chi connectivity index (χ1) is 8.22. The Hall–Kier alpha value is -2.30. The van der Waals surface area contributed by atoms with E-state index in [2.05, 4.69) is 16.6 Å². The Labute approximate surface area is 99.0 Å². The lowest BCUT2D eigenvalue weighted by molar-refractivity contribution is -0.137. The molecule has 0 spiro atoms. The summed E-state index contributed by atoms with van der Waals surface area (Å²) in [5.41, 5.74) is 0. The number of hydrogen-bond acceptors (Lipinski definition) is 4. The first kappa shape index (κ1) is 12.8. The van der Waals surface area contributed by atoms with Crippen LogP contribution >= 0.6 is 0 Å². The minimum atomic E-state index is -0.592. The number of nitrogens with one attached hydrogen (secondary N) is 1. The minimum absolute atomic E-state index is 0.0781. The van der Waals surface area contributed by atoms with Crippen molar-refractivity contribution in [1.82, 2.24) is 5.32 Å². The highest BCUT2D eigenvalue weighted by Crippen LogP contribution is 2.07. The molecule has 1 rings (SSSR count). The molecule has 90 valence electrons. The van der Waals surface area contributed by atoms with Gasteiger partial charge < -0.3 is 14.8 Å². The first-order valence-electron chi connectivity index (χ1n) is 5.02. The monoisotopic (exact) mass is 235 g/mol. The highest BCUT2D eigenvalue weighted by atomic mass is 16.6. The Morgan fingerprint density at radius 2 is 2.00 bits per heavy atom. The zero-order valence-corrected chi connectivity index (χ0v) is 9.22. The summed E-state index contributed by atoms with van der Waals surface area (Å²) in [6.07, 6.45) is 0.466. The van der Waals surface area contributed by atoms with Crippen LogP contribution in [-0.2, 0) is 9.53 Å². The average Bonchev–Trinajstić information content (AvgIpc) is 2.35. The lowest BCUT2D eigenvalue weighted by atomic mass is 10.3. The summed E-state index contributed by atoms with van der Waals surface area (Å²) in [6, 6.07) is 8.66. The van der Waals surface area contributed by atoms with Crippen LogP contribution in [0.15, 0.2) is 43.0 Å². The topological polar surface area (TPSA) is 64.6 Å². The van der Waals surface area contributed by atoms with Crippen molar-refractivity contribution >= 4 is 12.1 Å². The van der Waals surface area contributed by atoms with E-state index in [1.165, 1.54) is 0 Å². The van der Waals surface area contributed by atoms with Gasteiger partial charge in [0.1, 0.15) is 12.4 Å². The molecule has 0 aliphatic carbocycles. The standard InChI is InChI=1S/C12H13NO4/c1-2-11(14)16-9-8-13-12(15)17-10-6-4-3-5-7-10/h2-7H,1,8-9H2,(H,13,15). The average molecular weight is 235 g/mol. The van der Waals surface area contributed by atoms with E-state index in [9.17, 15) is 9.59 Å². The van der Waals surface area contributed by atoms with Crippen LogP contribution in [-0.4, -0.2) is 25.2 Å². The van der Waals surface area contributed by atoms with Gasteiger partial charge in [-0.05, 0) is 12.1 Å². The van der Waals surface area contributed by atoms with Gasteiger partial charge in [-0.15, -0.1) is 0 Å². The summed E-state index contributed by atoms with van der Waals surface area (Å²) in [4.78, 5) is 21.9. The van der Waals surface area contributed by atoms with Crippen LogP contribution in [0, 0.1) is 0 Å². The molecule has 0 radical (unpaired) electrons. The molecule has 1 amide bonds. The lowest BCUT2D eigenvalue weighted by Crippen LogP contribution is -2.30. The van der Waals surface area contributed by atoms with Crippen molar-refractivity contribution in [3.05, 3.63) is 43.0 Å². The molecule has 0 saturated carbocycles. The predicted octanol–water partition coefficient (Wildman–Crippen LogP) is 1.50. The number of carbonyl (C=O) groups excluding carboxylic acids is 2. The van der Waals surface area contributed by atoms with Gasteiger partial charge in [-0.1, -0.05) is 24.8 Å². The zero-order chi connectivity index (χ0) is 12.5. The summed E-state index contributed by atoms with van der Waals surface area (Å²) >= 11 is 0. The van der Waals surface area contributed by atoms with Crippen LogP contribution in [0.1, 0.15) is 0 Å². The van der Waals surface area contributed by atoms with E-state index >= 15 is 0 Å². The van der Waals surface area contributed by atoms with Crippen molar-refractivity contribution in [2.24, 2.45) is 0 Å². The quantitative estimate of drug-likeness (QED) is 0.477. The van der Waals surface area contributed by atoms with Crippen LogP contribution in [0.2, 0.25) is 0 Å². The van der Waals surface area contributed by atoms with Crippen molar-refractivity contribution in [1.29, 1.82) is 0 Å². The smallest absolute Gasteiger partial charge is 0.412 e. The van der Waals surface area contributed by atoms with Crippen molar-refractivity contribution in [2.45, 2.75) is 0 Å². The molecule has 0 saturated heterocycles. The van der Waals surface area contributed by atoms with Gasteiger partial charge in [0.05, 0.1) is 6.54 Å². The van der Waals surface area contributed by atoms with Gasteiger partial charge in [-0.25, -0.2) is 9.59 Å². The van der Waals surface area contributed by atoms with Crippen LogP contribution in [0.3, 0.4) is 0 Å². The van der Waals surface area contributed by atoms with Crippen molar-refractivity contribution < 1.29 is 19.1 Å². The lowest BCUT2D eigenvalue weighted by Gasteiger charge is -2.06. The van der Waals surface area contributed by atoms with Gasteiger partial charge in [0.15, 0.2) is 0 Å². The maximum Gasteiger partial charge on any atom is 0.412 e. The predicted molar refractivity (Wildman–Crippen MR) is 61.6 cm³/mol. The highest BCUT2D eigenvalue weighted by Gasteiger charge is 2.03. The third-order valence-corrected chi connectivity index (χ3v) is 1.74. The fraction of sp³-hybridized carbons (Fsp3) is 0.167. The highest BCUT2D eigenvalue weighted by molar-refractivity contribution is 5.81. The SMILES string of the molecule is C=CC(=O)OCCNC(=O)Oc1ccccc1. The molecule has 0 aromatic heterocycles. The van der Waals surface area contributed by atoms with Gasteiger partial charge in [0, 0.05) is 6.08 Å². The molecule has 1 aromatic carbocycles. The fourth-order valence-corrected chi connectivity index (χ4v) is 0.995. The number of para-hydroxylation sites is 1. The fourth-order valence-electron chi connectivity index (χ4n) is 0.995. The second-order valence-corrected chi connectivity index (χ2v) is 3.00. The van der Waals surface area contributed by atoms with Crippen LogP contribution < -0.4 is 10.1 Å². The number of ether oxygens (including phenoxy) is 2. The molecule has 0 aliphatic rings. The van der Waals surface area contributed by atoms with Crippen LogP contribution in [0.4, 0.5) is 4.79 Å². The normalized spacial score (nSPS) is 9.18. The van der Waals surface area contributed by atoms with Crippen molar-refractivity contribution in [3.8, 4) is 5.75 Å². The molecule has 0 heterocycles. The minimum Gasteiger partial charge on any atom is -0.461 e. The molecule has 0 atom stereocenters. The zero-order valence-electron chi connectivity index (χ0n) is 9.22. The summed E-state index contributed by atoms with van der Waals surface area (Å²) in [6.45, 7) is 3.51. The van der Waals surface area contributed by atoms with E-state index in [0.717, 1.165) is 6.08 Å². The van der Waals surface area contributed by atoms with Crippen molar-refractivity contribution in [3.63, 3.8) is 0 Å². The molecule has 0 fully saturated rings. The summed E-state index contributed by atoms with van der Waals surface area (Å²) < 4.78 is 9.60. The van der Waals surface area contributed by atoms with E-state index in [-0.39, 0.29) is 13.2 Å². The molecule has 17 heavy (non-hydrogen) atoms. The Morgan fingerprint density at radius 3 is 2.65 bits per heavy atom. The molecule has 1 N–H and O–H groups in total. The number of amides is 1. The van der Waals surface area contributed by atoms with Crippen molar-refractivity contribution in [2.75, 3.05) is 13.2 Å². The van der Waals surface area contributed by atoms with Gasteiger partial charge in [0.25, 0.3) is 0 Å². The Morgan fingerprint density at radius 1 is 1.29 bits per heavy atom. The number of esters is 1. The third kappa shape index (κ3) is 5.36. The number of carbonyl (C=O) groups is 2. The van der Waals surface area contributed by atoms with Crippen LogP contribution in [0.25, 0.3) is 0 Å². The van der Waals surface area contributed by atoms with E-state index < -0.39 is 12.1 Å². The van der Waals surface area contributed by atoms with Crippen LogP contribution in [0.5, 0.6) is 5.75 Å². The van der Waals surface area contributed by atoms with E-state index in [0.29, 0.717) is 5.75 Å². The summed E-state index contributed by atoms with van der Waals surface area (Å²) in [7, 11) is 0. The molecular weight excluding hydrogens is 222 g/mol. The Kier molecular flexibility index (Phi) is 5.30. The van der Waals surface area contributed by atoms with Gasteiger partial charge >= 0.3 is 12.1 Å². The molecular formula is C12H13NO4. The first-order valence-corrected chi connectivity index (χ1v) is 5.02. The summed E-state index contributed by atoms with van der Waals surface area (Å²) in [5, 5.41) is 2.44. The molecule has 0 bridgehead atoms. The van der Waals surface area contributed by atoms with E-state index in [1.807, 2.05) is 6.07 Å². The second kappa shape index (κ2) is 7.05. The molecule has 1 aromatic rings. The summed E-state index contributed by atoms with van der Waals surface area (Å²) in [5.74, 6) is -0.0729. The number of hydrogen-bond donors (Lipinski definition) is 1. The van der Waals surface area contributed by atoms with Gasteiger partial charge in [-0.3, -0.25) is 0 Å². The number of benzene rings is 1. The molecule has 0 unspecified atom stereocenters. The third-order valence-electron chi connectivity index (χ3n) is 1.74. The Balaban J connectivity index is 2.18.